The lowest BCUT2D eigenvalue weighted by Gasteiger charge is -2.17. The number of hydrogen-bond acceptors (Lipinski definition) is 7. The molecule has 0 amide bonds. The average Bonchev–Trinajstić information content (AvgIpc) is 3.10. The summed E-state index contributed by atoms with van der Waals surface area (Å²) >= 11 is 1.70. The third-order valence-corrected chi connectivity index (χ3v) is 4.99. The quantitative estimate of drug-likeness (QED) is 0.767. The maximum Gasteiger partial charge on any atom is 0.266 e. The maximum absolute atomic E-state index is 10.4. The molecule has 0 saturated carbocycles. The molecule has 1 N–H and O–H groups in total. The molecular formula is C17H17N3O3S. The number of phenolic OH excluding ortho intramolecular Hbond substituents is 1. The van der Waals surface area contributed by atoms with Crippen molar-refractivity contribution in [2.75, 3.05) is 18.1 Å². The highest BCUT2D eigenvalue weighted by molar-refractivity contribution is 7.15. The average molecular weight is 343 g/mol. The molecule has 0 spiro atoms. The van der Waals surface area contributed by atoms with Crippen LogP contribution < -0.4 is 9.64 Å². The second kappa shape index (κ2) is 5.83. The number of aromatic nitrogens is 2. The van der Waals surface area contributed by atoms with Crippen LogP contribution in [0.25, 0.3) is 10.4 Å². The third kappa shape index (κ3) is 2.71. The normalized spacial score (nSPS) is 14.2. The number of nitrogens with zero attached hydrogens (tertiary/aromatic N) is 3. The largest absolute Gasteiger partial charge is 0.504 e. The van der Waals surface area contributed by atoms with E-state index >= 15 is 0 Å². The van der Waals surface area contributed by atoms with Gasteiger partial charge in [0.05, 0.1) is 6.54 Å². The highest BCUT2D eigenvalue weighted by Crippen LogP contribution is 2.39. The van der Waals surface area contributed by atoms with Gasteiger partial charge in [-0.3, -0.25) is 0 Å². The molecule has 1 aliphatic heterocycles. The summed E-state index contributed by atoms with van der Waals surface area (Å²) in [6.45, 7) is 5.47. The van der Waals surface area contributed by atoms with E-state index in [2.05, 4.69) is 35.3 Å². The molecule has 1 aromatic carbocycles. The fourth-order valence-electron chi connectivity index (χ4n) is 2.82. The van der Waals surface area contributed by atoms with Crippen molar-refractivity contribution in [2.24, 2.45) is 0 Å². The summed E-state index contributed by atoms with van der Waals surface area (Å²) in [5.41, 5.74) is 1.90. The van der Waals surface area contributed by atoms with E-state index in [1.165, 1.54) is 4.88 Å². The molecule has 0 bridgehead atoms. The number of hydrogen-bond donors (Lipinski definition) is 1. The highest BCUT2D eigenvalue weighted by Gasteiger charge is 2.22. The van der Waals surface area contributed by atoms with Crippen LogP contribution in [-0.4, -0.2) is 28.4 Å². The molecule has 0 unspecified atom stereocenters. The van der Waals surface area contributed by atoms with Crippen LogP contribution in [0.15, 0.2) is 28.8 Å². The molecule has 1 aliphatic rings. The lowest BCUT2D eigenvalue weighted by molar-refractivity contribution is 0.311. The molecule has 0 aliphatic carbocycles. The fourth-order valence-corrected chi connectivity index (χ4v) is 3.67. The Morgan fingerprint density at radius 2 is 2.12 bits per heavy atom. The Bertz CT molecular complexity index is 887. The van der Waals surface area contributed by atoms with E-state index in [9.17, 15) is 5.11 Å². The Balaban J connectivity index is 1.73. The summed E-state index contributed by atoms with van der Waals surface area (Å²) in [6.07, 6.45) is 0. The molecule has 124 valence electrons. The molecule has 0 fully saturated rings. The van der Waals surface area contributed by atoms with Gasteiger partial charge in [0.1, 0.15) is 6.61 Å². The van der Waals surface area contributed by atoms with Gasteiger partial charge < -0.3 is 19.3 Å². The Morgan fingerprint density at radius 1 is 1.25 bits per heavy atom. The zero-order valence-corrected chi connectivity index (χ0v) is 14.3. The molecule has 6 nitrogen and oxygen atoms in total. The Hall–Kier alpha value is -2.54. The summed E-state index contributed by atoms with van der Waals surface area (Å²) in [5.74, 6) is 1.77. The number of aromatic hydroxyl groups is 1. The number of phenols is 1. The van der Waals surface area contributed by atoms with Crippen LogP contribution in [0, 0.1) is 13.8 Å². The van der Waals surface area contributed by atoms with E-state index in [0.29, 0.717) is 37.3 Å². The first-order valence-electron chi connectivity index (χ1n) is 7.71. The van der Waals surface area contributed by atoms with Crippen LogP contribution in [0.5, 0.6) is 11.5 Å². The highest BCUT2D eigenvalue weighted by atomic mass is 32.1. The van der Waals surface area contributed by atoms with Crippen molar-refractivity contribution in [1.29, 1.82) is 0 Å². The molecule has 3 aromatic rings. The topological polar surface area (TPSA) is 71.6 Å². The zero-order chi connectivity index (χ0) is 16.7. The van der Waals surface area contributed by atoms with Crippen molar-refractivity contribution in [3.05, 3.63) is 40.6 Å². The Kier molecular flexibility index (Phi) is 3.65. The van der Waals surface area contributed by atoms with Crippen molar-refractivity contribution in [1.82, 2.24) is 10.1 Å². The number of thiophene rings is 1. The second-order valence-electron chi connectivity index (χ2n) is 5.78. The van der Waals surface area contributed by atoms with E-state index in [1.807, 2.05) is 4.90 Å². The van der Waals surface area contributed by atoms with Gasteiger partial charge in [-0.1, -0.05) is 0 Å². The molecule has 0 radical (unpaired) electrons. The first-order chi connectivity index (χ1) is 11.6. The van der Waals surface area contributed by atoms with Gasteiger partial charge in [0, 0.05) is 28.8 Å². The standard InChI is InChI=1S/C17H17N3O3S/c1-10-3-4-15(24-10)12-7-13-9-20(17-18-11(2)23-19-17)5-6-22-16(13)14(21)8-12/h3-4,7-8,21H,5-6,9H2,1-2H3. The van der Waals surface area contributed by atoms with Crippen LogP contribution >= 0.6 is 11.3 Å². The summed E-state index contributed by atoms with van der Waals surface area (Å²) in [4.78, 5) is 8.64. The van der Waals surface area contributed by atoms with Gasteiger partial charge in [-0.15, -0.1) is 11.3 Å². The summed E-state index contributed by atoms with van der Waals surface area (Å²) in [6, 6.07) is 7.97. The SMILES string of the molecule is Cc1nc(N2CCOc3c(O)cc(-c4ccc(C)s4)cc3C2)no1. The predicted octanol–water partition coefficient (Wildman–Crippen LogP) is 3.52. The van der Waals surface area contributed by atoms with Crippen LogP contribution in [0.3, 0.4) is 0 Å². The minimum Gasteiger partial charge on any atom is -0.504 e. The molecule has 0 saturated heterocycles. The van der Waals surface area contributed by atoms with Crippen molar-refractivity contribution in [3.63, 3.8) is 0 Å². The van der Waals surface area contributed by atoms with Crippen LogP contribution in [0.2, 0.25) is 0 Å². The lowest BCUT2D eigenvalue weighted by Crippen LogP contribution is -2.26. The molecule has 7 heteroatoms. The van der Waals surface area contributed by atoms with Gasteiger partial charge in [-0.25, -0.2) is 0 Å². The number of aryl methyl sites for hydroxylation is 2. The van der Waals surface area contributed by atoms with Crippen molar-refractivity contribution in [2.45, 2.75) is 20.4 Å². The van der Waals surface area contributed by atoms with Gasteiger partial charge in [-0.2, -0.15) is 4.98 Å². The molecule has 4 rings (SSSR count). The second-order valence-corrected chi connectivity index (χ2v) is 7.07. The lowest BCUT2D eigenvalue weighted by atomic mass is 10.1. The Morgan fingerprint density at radius 3 is 2.83 bits per heavy atom. The number of rotatable bonds is 2. The number of benzene rings is 1. The van der Waals surface area contributed by atoms with Gasteiger partial charge in [0.25, 0.3) is 5.95 Å². The van der Waals surface area contributed by atoms with E-state index in [-0.39, 0.29) is 5.75 Å². The third-order valence-electron chi connectivity index (χ3n) is 3.94. The first-order valence-corrected chi connectivity index (χ1v) is 8.52. The fraction of sp³-hybridized carbons (Fsp3) is 0.294. The maximum atomic E-state index is 10.4. The van der Waals surface area contributed by atoms with E-state index in [4.69, 9.17) is 9.26 Å². The first kappa shape index (κ1) is 15.0. The summed E-state index contributed by atoms with van der Waals surface area (Å²) in [7, 11) is 0. The van der Waals surface area contributed by atoms with Crippen molar-refractivity contribution < 1.29 is 14.4 Å². The minimum absolute atomic E-state index is 0.166. The van der Waals surface area contributed by atoms with Crippen molar-refractivity contribution >= 4 is 17.3 Å². The van der Waals surface area contributed by atoms with Crippen LogP contribution in [0.1, 0.15) is 16.3 Å². The smallest absolute Gasteiger partial charge is 0.266 e. The molecule has 2 aromatic heterocycles. The molecule has 0 atom stereocenters. The van der Waals surface area contributed by atoms with Gasteiger partial charge in [-0.05, 0) is 41.9 Å². The van der Waals surface area contributed by atoms with Crippen LogP contribution in [-0.2, 0) is 6.54 Å². The predicted molar refractivity (Wildman–Crippen MR) is 91.7 cm³/mol. The van der Waals surface area contributed by atoms with Gasteiger partial charge in [0.15, 0.2) is 11.5 Å². The minimum atomic E-state index is 0.166. The van der Waals surface area contributed by atoms with E-state index in [1.54, 1.807) is 24.3 Å². The number of ether oxygens (including phenoxy) is 1. The van der Waals surface area contributed by atoms with E-state index in [0.717, 1.165) is 16.0 Å². The van der Waals surface area contributed by atoms with Gasteiger partial charge >= 0.3 is 0 Å². The number of fused-ring (bicyclic) bond motifs is 1. The van der Waals surface area contributed by atoms with Crippen molar-refractivity contribution in [3.8, 4) is 21.9 Å². The van der Waals surface area contributed by atoms with E-state index < -0.39 is 0 Å². The van der Waals surface area contributed by atoms with Gasteiger partial charge in [0.2, 0.25) is 5.89 Å². The summed E-state index contributed by atoms with van der Waals surface area (Å²) < 4.78 is 10.8. The molecule has 24 heavy (non-hydrogen) atoms. The zero-order valence-electron chi connectivity index (χ0n) is 13.4. The van der Waals surface area contributed by atoms with Crippen LogP contribution in [0.4, 0.5) is 5.95 Å². The number of anilines is 1. The molecular weight excluding hydrogens is 326 g/mol. The summed E-state index contributed by atoms with van der Waals surface area (Å²) in [5, 5.41) is 14.4. The monoisotopic (exact) mass is 343 g/mol. The Labute approximate surface area is 143 Å². The molecule has 3 heterocycles.